The average Bonchev–Trinajstić information content (AvgIpc) is 3.15. The predicted molar refractivity (Wildman–Crippen MR) is 116 cm³/mol. The van der Waals surface area contributed by atoms with E-state index in [0.29, 0.717) is 0 Å². The van der Waals surface area contributed by atoms with Crippen molar-refractivity contribution in [3.05, 3.63) is 60.7 Å². The Morgan fingerprint density at radius 1 is 0.923 bits per heavy atom. The molecule has 26 heavy (non-hydrogen) atoms. The zero-order chi connectivity index (χ0) is 18.2. The third-order valence-corrected chi connectivity index (χ3v) is 8.26. The highest BCUT2D eigenvalue weighted by molar-refractivity contribution is 7.73. The Balaban J connectivity index is 1.72. The van der Waals surface area contributed by atoms with Crippen LogP contribution in [-0.4, -0.2) is 54.7 Å². The number of hydrogen-bond acceptors (Lipinski definition) is 2. The summed E-state index contributed by atoms with van der Waals surface area (Å²) in [6.45, 7) is 10.6. The minimum absolute atomic E-state index is 0.277. The van der Waals surface area contributed by atoms with Gasteiger partial charge in [-0.2, -0.15) is 0 Å². The third kappa shape index (κ3) is 5.16. The highest BCUT2D eigenvalue weighted by atomic mass is 31.1. The lowest BCUT2D eigenvalue weighted by Gasteiger charge is -2.30. The van der Waals surface area contributed by atoms with Crippen LogP contribution >= 0.6 is 7.92 Å². The monoisotopic (exact) mass is 368 g/mol. The van der Waals surface area contributed by atoms with Gasteiger partial charge in [0.05, 0.1) is 0 Å². The van der Waals surface area contributed by atoms with Crippen LogP contribution in [0.1, 0.15) is 26.7 Å². The van der Waals surface area contributed by atoms with Gasteiger partial charge in [-0.3, -0.25) is 4.90 Å². The lowest BCUT2D eigenvalue weighted by Crippen LogP contribution is -2.39. The quantitative estimate of drug-likeness (QED) is 0.619. The van der Waals surface area contributed by atoms with E-state index in [9.17, 15) is 0 Å². The molecule has 1 aliphatic heterocycles. The van der Waals surface area contributed by atoms with Gasteiger partial charge in [0.15, 0.2) is 0 Å². The molecule has 3 rings (SSSR count). The Morgan fingerprint density at radius 2 is 1.50 bits per heavy atom. The fourth-order valence-corrected chi connectivity index (χ4v) is 6.61. The van der Waals surface area contributed by atoms with Gasteiger partial charge in [-0.15, -0.1) is 0 Å². The van der Waals surface area contributed by atoms with Gasteiger partial charge in [0, 0.05) is 19.1 Å². The molecule has 1 saturated heterocycles. The zero-order valence-corrected chi connectivity index (χ0v) is 17.2. The average molecular weight is 369 g/mol. The second-order valence-electron chi connectivity index (χ2n) is 7.14. The molecule has 1 aliphatic rings. The van der Waals surface area contributed by atoms with Crippen molar-refractivity contribution in [2.75, 3.05) is 38.9 Å². The normalized spacial score (nSPS) is 18.1. The van der Waals surface area contributed by atoms with E-state index in [1.165, 1.54) is 49.2 Å². The lowest BCUT2D eigenvalue weighted by molar-refractivity contribution is 0.211. The molecule has 0 saturated carbocycles. The van der Waals surface area contributed by atoms with Crippen LogP contribution in [0.3, 0.4) is 0 Å². The number of benzene rings is 2. The van der Waals surface area contributed by atoms with Crippen LogP contribution in [-0.2, 0) is 0 Å². The molecule has 0 N–H and O–H groups in total. The van der Waals surface area contributed by atoms with Crippen molar-refractivity contribution in [3.8, 4) is 0 Å². The minimum atomic E-state index is -0.277. The smallest absolute Gasteiger partial charge is 0.0141 e. The van der Waals surface area contributed by atoms with E-state index in [2.05, 4.69) is 84.3 Å². The first-order chi connectivity index (χ1) is 12.8. The largest absolute Gasteiger partial charge is 0.303 e. The molecule has 1 atom stereocenters. The molecule has 1 fully saturated rings. The summed E-state index contributed by atoms with van der Waals surface area (Å²) in [6, 6.07) is 23.1. The molecule has 2 aromatic carbocycles. The van der Waals surface area contributed by atoms with Crippen LogP contribution in [0.25, 0.3) is 0 Å². The zero-order valence-electron chi connectivity index (χ0n) is 16.3. The summed E-state index contributed by atoms with van der Waals surface area (Å²) >= 11 is 0. The molecule has 3 heteroatoms. The fourth-order valence-electron chi connectivity index (χ4n) is 3.99. The van der Waals surface area contributed by atoms with Crippen LogP contribution in [0.5, 0.6) is 0 Å². The van der Waals surface area contributed by atoms with E-state index in [1.54, 1.807) is 0 Å². The van der Waals surface area contributed by atoms with Crippen molar-refractivity contribution in [1.29, 1.82) is 0 Å². The Hall–Kier alpha value is -1.21. The molecule has 0 aliphatic carbocycles. The molecule has 2 aromatic rings. The number of rotatable bonds is 9. The topological polar surface area (TPSA) is 6.48 Å². The SMILES string of the molecule is CCN(CC)CCN1CCC[C@H]1CP(c1ccccc1)c1ccccc1. The summed E-state index contributed by atoms with van der Waals surface area (Å²) in [5.41, 5.74) is 0. The van der Waals surface area contributed by atoms with Crippen LogP contribution in [0, 0.1) is 0 Å². The maximum absolute atomic E-state index is 2.76. The summed E-state index contributed by atoms with van der Waals surface area (Å²) in [5.74, 6) is 0. The van der Waals surface area contributed by atoms with Crippen molar-refractivity contribution >= 4 is 18.5 Å². The van der Waals surface area contributed by atoms with E-state index in [-0.39, 0.29) is 7.92 Å². The Bertz CT molecular complexity index is 588. The molecule has 0 unspecified atom stereocenters. The summed E-state index contributed by atoms with van der Waals surface area (Å²) in [7, 11) is -0.277. The third-order valence-electron chi connectivity index (χ3n) is 5.63. The lowest BCUT2D eigenvalue weighted by atomic mass is 10.2. The molecule has 2 nitrogen and oxygen atoms in total. The second kappa shape index (κ2) is 10.2. The first kappa shape index (κ1) is 19.5. The first-order valence-corrected chi connectivity index (χ1v) is 11.7. The van der Waals surface area contributed by atoms with Gasteiger partial charge in [-0.1, -0.05) is 74.5 Å². The highest BCUT2D eigenvalue weighted by Gasteiger charge is 2.28. The van der Waals surface area contributed by atoms with Gasteiger partial charge in [0.1, 0.15) is 0 Å². The summed E-state index contributed by atoms with van der Waals surface area (Å²) in [4.78, 5) is 5.31. The summed E-state index contributed by atoms with van der Waals surface area (Å²) in [6.07, 6.45) is 4.01. The minimum Gasteiger partial charge on any atom is -0.303 e. The Labute approximate surface area is 161 Å². The number of likely N-dealkylation sites (N-methyl/N-ethyl adjacent to an activating group) is 1. The standard InChI is InChI=1S/C23H33N2P/c1-3-24(4-2)18-19-25-17-11-12-21(25)20-26(22-13-7-5-8-14-22)23-15-9-6-10-16-23/h5-10,13-16,21H,3-4,11-12,17-20H2,1-2H3/t21-/m0/s1. The maximum Gasteiger partial charge on any atom is 0.0141 e. The van der Waals surface area contributed by atoms with E-state index < -0.39 is 0 Å². The van der Waals surface area contributed by atoms with Crippen LogP contribution in [0.4, 0.5) is 0 Å². The van der Waals surface area contributed by atoms with E-state index in [0.717, 1.165) is 19.1 Å². The van der Waals surface area contributed by atoms with Crippen molar-refractivity contribution in [2.24, 2.45) is 0 Å². The van der Waals surface area contributed by atoms with Crippen LogP contribution < -0.4 is 10.6 Å². The van der Waals surface area contributed by atoms with Gasteiger partial charge < -0.3 is 4.90 Å². The van der Waals surface area contributed by atoms with Crippen molar-refractivity contribution < 1.29 is 0 Å². The molecular weight excluding hydrogens is 335 g/mol. The van der Waals surface area contributed by atoms with Gasteiger partial charge in [0.25, 0.3) is 0 Å². The number of likely N-dealkylation sites (tertiary alicyclic amines) is 1. The van der Waals surface area contributed by atoms with Crippen molar-refractivity contribution in [1.82, 2.24) is 9.80 Å². The van der Waals surface area contributed by atoms with Crippen molar-refractivity contribution in [2.45, 2.75) is 32.7 Å². The van der Waals surface area contributed by atoms with E-state index in [1.807, 2.05) is 0 Å². The summed E-state index contributed by atoms with van der Waals surface area (Å²) in [5, 5.41) is 3.04. The Morgan fingerprint density at radius 3 is 2.04 bits per heavy atom. The highest BCUT2D eigenvalue weighted by Crippen LogP contribution is 2.37. The maximum atomic E-state index is 2.76. The van der Waals surface area contributed by atoms with Crippen LogP contribution in [0.15, 0.2) is 60.7 Å². The summed E-state index contributed by atoms with van der Waals surface area (Å²) < 4.78 is 0. The van der Waals surface area contributed by atoms with Crippen LogP contribution in [0.2, 0.25) is 0 Å². The first-order valence-electron chi connectivity index (χ1n) is 10.2. The second-order valence-corrected chi connectivity index (χ2v) is 9.39. The predicted octanol–water partition coefficient (Wildman–Crippen LogP) is 3.93. The van der Waals surface area contributed by atoms with E-state index >= 15 is 0 Å². The molecule has 0 spiro atoms. The molecule has 0 bridgehead atoms. The van der Waals surface area contributed by atoms with Gasteiger partial charge >= 0.3 is 0 Å². The molecule has 140 valence electrons. The molecule has 0 radical (unpaired) electrons. The molecule has 1 heterocycles. The Kier molecular flexibility index (Phi) is 7.68. The number of hydrogen-bond donors (Lipinski definition) is 0. The molecule has 0 amide bonds. The molecular formula is C23H33N2P. The number of nitrogens with zero attached hydrogens (tertiary/aromatic N) is 2. The van der Waals surface area contributed by atoms with Gasteiger partial charge in [0.2, 0.25) is 0 Å². The molecule has 0 aromatic heterocycles. The van der Waals surface area contributed by atoms with Crippen molar-refractivity contribution in [3.63, 3.8) is 0 Å². The van der Waals surface area contributed by atoms with E-state index in [4.69, 9.17) is 0 Å². The van der Waals surface area contributed by atoms with Gasteiger partial charge in [-0.05, 0) is 57.2 Å². The fraction of sp³-hybridized carbons (Fsp3) is 0.478. The van der Waals surface area contributed by atoms with Gasteiger partial charge in [-0.25, -0.2) is 0 Å².